The summed E-state index contributed by atoms with van der Waals surface area (Å²) in [6, 6.07) is 12.9. The maximum atomic E-state index is 12.2. The maximum absolute atomic E-state index is 12.2. The number of esters is 1. The van der Waals surface area contributed by atoms with Gasteiger partial charge in [-0.15, -0.1) is 0 Å². The van der Waals surface area contributed by atoms with E-state index in [1.165, 1.54) is 7.11 Å². The number of hydrogen-bond donors (Lipinski definition) is 4. The first kappa shape index (κ1) is 34.1. The second-order valence-electron chi connectivity index (χ2n) is 11.9. The Hall–Kier alpha value is -4.82. The van der Waals surface area contributed by atoms with E-state index in [9.17, 15) is 14.4 Å². The third kappa shape index (κ3) is 10.7. The molecular formula is C32H43N9O5. The average molecular weight is 634 g/mol. The number of alkyl carbamates (subject to hydrolysis) is 1. The molecule has 0 bridgehead atoms. The van der Waals surface area contributed by atoms with Crippen LogP contribution >= 0.6 is 0 Å². The van der Waals surface area contributed by atoms with Gasteiger partial charge in [0.15, 0.2) is 0 Å². The summed E-state index contributed by atoms with van der Waals surface area (Å²) in [5.41, 5.74) is 8.53. The highest BCUT2D eigenvalue weighted by Crippen LogP contribution is 2.22. The summed E-state index contributed by atoms with van der Waals surface area (Å²) >= 11 is 0. The molecule has 14 nitrogen and oxygen atoms in total. The van der Waals surface area contributed by atoms with Crippen molar-refractivity contribution in [3.8, 4) is 11.3 Å². The number of primary amides is 1. The van der Waals surface area contributed by atoms with Gasteiger partial charge in [0.1, 0.15) is 17.5 Å². The lowest BCUT2D eigenvalue weighted by Gasteiger charge is -2.39. The van der Waals surface area contributed by atoms with E-state index < -0.39 is 23.6 Å². The third-order valence-corrected chi connectivity index (χ3v) is 7.10. The molecule has 1 atom stereocenters. The number of aromatic nitrogens is 3. The average Bonchev–Trinajstić information content (AvgIpc) is 3.01. The van der Waals surface area contributed by atoms with Crippen molar-refractivity contribution in [2.75, 3.05) is 57.0 Å². The molecule has 14 heteroatoms. The molecule has 0 spiro atoms. The van der Waals surface area contributed by atoms with Crippen molar-refractivity contribution in [1.29, 1.82) is 0 Å². The van der Waals surface area contributed by atoms with E-state index in [1.54, 1.807) is 12.4 Å². The summed E-state index contributed by atoms with van der Waals surface area (Å²) in [5, 5.41) is 9.25. The van der Waals surface area contributed by atoms with E-state index in [4.69, 9.17) is 15.2 Å². The Morgan fingerprint density at radius 1 is 1.07 bits per heavy atom. The van der Waals surface area contributed by atoms with Crippen LogP contribution in [0.25, 0.3) is 11.3 Å². The van der Waals surface area contributed by atoms with E-state index in [0.717, 1.165) is 16.8 Å². The number of ether oxygens (including phenoxy) is 2. The zero-order valence-corrected chi connectivity index (χ0v) is 26.8. The SMILES string of the molecule is COC(=O)CN1CCN(Cc2cccc(Nc3nccc(-c4ccc(NCCCNC(=O)OC(C)(C)C)nc4)n3)c2)C(C(N)=O)C1. The number of benzene rings is 1. The largest absolute Gasteiger partial charge is 0.468 e. The molecule has 3 heterocycles. The Labute approximate surface area is 269 Å². The molecule has 4 rings (SSSR count). The fourth-order valence-electron chi connectivity index (χ4n) is 4.88. The van der Waals surface area contributed by atoms with E-state index in [1.807, 2.05) is 73.0 Å². The molecule has 0 saturated carbocycles. The number of carbonyl (C=O) groups excluding carboxylic acids is 3. The molecular weight excluding hydrogens is 590 g/mol. The number of nitrogens with zero attached hydrogens (tertiary/aromatic N) is 5. The Morgan fingerprint density at radius 2 is 1.89 bits per heavy atom. The van der Waals surface area contributed by atoms with Crippen molar-refractivity contribution in [2.24, 2.45) is 5.73 Å². The molecule has 2 aromatic heterocycles. The van der Waals surface area contributed by atoms with Crippen molar-refractivity contribution in [3.05, 3.63) is 60.4 Å². The first-order chi connectivity index (χ1) is 22.0. The van der Waals surface area contributed by atoms with Gasteiger partial charge in [-0.3, -0.25) is 19.4 Å². The molecule has 5 N–H and O–H groups in total. The number of amides is 2. The van der Waals surface area contributed by atoms with E-state index in [-0.39, 0.29) is 12.5 Å². The number of carbonyl (C=O) groups is 3. The Balaban J connectivity index is 1.30. The smallest absolute Gasteiger partial charge is 0.407 e. The lowest BCUT2D eigenvalue weighted by molar-refractivity contribution is -0.143. The van der Waals surface area contributed by atoms with Gasteiger partial charge in [-0.1, -0.05) is 12.1 Å². The summed E-state index contributed by atoms with van der Waals surface area (Å²) in [6.45, 7) is 8.82. The summed E-state index contributed by atoms with van der Waals surface area (Å²) in [7, 11) is 1.35. The second-order valence-corrected chi connectivity index (χ2v) is 11.9. The van der Waals surface area contributed by atoms with Crippen LogP contribution in [-0.4, -0.2) is 101 Å². The predicted octanol–water partition coefficient (Wildman–Crippen LogP) is 2.75. The predicted molar refractivity (Wildman–Crippen MR) is 174 cm³/mol. The molecule has 1 aromatic carbocycles. The topological polar surface area (TPSA) is 177 Å². The van der Waals surface area contributed by atoms with E-state index >= 15 is 0 Å². The van der Waals surface area contributed by atoms with Crippen molar-refractivity contribution in [3.63, 3.8) is 0 Å². The first-order valence-corrected chi connectivity index (χ1v) is 15.2. The van der Waals surface area contributed by atoms with E-state index in [0.29, 0.717) is 63.1 Å². The normalized spacial score (nSPS) is 15.5. The van der Waals surface area contributed by atoms with Gasteiger partial charge in [-0.25, -0.2) is 19.7 Å². The van der Waals surface area contributed by atoms with Gasteiger partial charge in [-0.2, -0.15) is 0 Å². The lowest BCUT2D eigenvalue weighted by Crippen LogP contribution is -2.58. The maximum Gasteiger partial charge on any atom is 0.407 e. The molecule has 1 saturated heterocycles. The second kappa shape index (κ2) is 16.0. The van der Waals surface area contributed by atoms with Gasteiger partial charge in [0.2, 0.25) is 11.9 Å². The number of nitrogens with one attached hydrogen (secondary N) is 3. The Morgan fingerprint density at radius 3 is 2.61 bits per heavy atom. The standard InChI is InChI=1S/C32H43N9O5/c1-32(2,3)46-31(44)36-13-6-12-34-27-10-9-23(18-37-27)25-11-14-35-30(39-25)38-24-8-5-7-22(17-24)19-41-16-15-40(21-28(42)45-4)20-26(41)29(33)43/h5,7-11,14,17-18,26H,6,12-13,15-16,19-21H2,1-4H3,(H2,33,43)(H,34,37)(H,36,44)(H,35,38,39). The Bertz CT molecular complexity index is 1480. The van der Waals surface area contributed by atoms with Gasteiger partial charge >= 0.3 is 12.1 Å². The number of anilines is 3. The molecule has 1 unspecified atom stereocenters. The fraction of sp³-hybridized carbons (Fsp3) is 0.438. The number of nitrogens with two attached hydrogens (primary N) is 1. The molecule has 246 valence electrons. The van der Waals surface area contributed by atoms with Crippen LogP contribution in [0.3, 0.4) is 0 Å². The van der Waals surface area contributed by atoms with Crippen LogP contribution in [-0.2, 0) is 25.6 Å². The van der Waals surface area contributed by atoms with Crippen molar-refractivity contribution < 1.29 is 23.9 Å². The third-order valence-electron chi connectivity index (χ3n) is 7.10. The number of hydrogen-bond acceptors (Lipinski definition) is 12. The highest BCUT2D eigenvalue weighted by atomic mass is 16.6. The molecule has 46 heavy (non-hydrogen) atoms. The van der Waals surface area contributed by atoms with Gasteiger partial charge in [0, 0.05) is 62.9 Å². The van der Waals surface area contributed by atoms with E-state index in [2.05, 4.69) is 30.9 Å². The highest BCUT2D eigenvalue weighted by Gasteiger charge is 2.31. The van der Waals surface area contributed by atoms with Crippen LogP contribution in [0.2, 0.25) is 0 Å². The molecule has 0 aliphatic carbocycles. The molecule has 2 amide bonds. The van der Waals surface area contributed by atoms with Crippen molar-refractivity contribution in [2.45, 2.75) is 45.4 Å². The summed E-state index contributed by atoms with van der Waals surface area (Å²) in [6.07, 6.45) is 3.71. The molecule has 1 fully saturated rings. The van der Waals surface area contributed by atoms with Gasteiger partial charge < -0.3 is 31.2 Å². The summed E-state index contributed by atoms with van der Waals surface area (Å²) < 4.78 is 9.99. The highest BCUT2D eigenvalue weighted by molar-refractivity contribution is 5.80. The Kier molecular flexibility index (Phi) is 11.8. The van der Waals surface area contributed by atoms with Gasteiger partial charge in [0.25, 0.3) is 0 Å². The molecule has 3 aromatic rings. The number of methoxy groups -OCH3 is 1. The minimum Gasteiger partial charge on any atom is -0.468 e. The summed E-state index contributed by atoms with van der Waals surface area (Å²) in [4.78, 5) is 53.1. The molecule has 0 radical (unpaired) electrons. The first-order valence-electron chi connectivity index (χ1n) is 15.2. The summed E-state index contributed by atoms with van der Waals surface area (Å²) in [5.74, 6) is 0.375. The van der Waals surface area contributed by atoms with Crippen LogP contribution in [0.15, 0.2) is 54.9 Å². The monoisotopic (exact) mass is 633 g/mol. The lowest BCUT2D eigenvalue weighted by atomic mass is 10.1. The zero-order valence-electron chi connectivity index (χ0n) is 26.8. The van der Waals surface area contributed by atoms with Gasteiger partial charge in [0.05, 0.1) is 19.3 Å². The molecule has 1 aliphatic rings. The fourth-order valence-corrected chi connectivity index (χ4v) is 4.88. The molecule has 1 aliphatic heterocycles. The van der Waals surface area contributed by atoms with Crippen LogP contribution in [0, 0.1) is 0 Å². The zero-order chi connectivity index (χ0) is 33.1. The van der Waals surface area contributed by atoms with Crippen LogP contribution in [0.1, 0.15) is 32.8 Å². The number of rotatable bonds is 13. The minimum absolute atomic E-state index is 0.125. The number of piperazine rings is 1. The van der Waals surface area contributed by atoms with Crippen molar-refractivity contribution in [1.82, 2.24) is 30.1 Å². The van der Waals surface area contributed by atoms with Crippen LogP contribution in [0.5, 0.6) is 0 Å². The van der Waals surface area contributed by atoms with Crippen LogP contribution in [0.4, 0.5) is 22.2 Å². The minimum atomic E-state index is -0.523. The quantitative estimate of drug-likeness (QED) is 0.160. The number of pyridine rings is 1. The van der Waals surface area contributed by atoms with Crippen LogP contribution < -0.4 is 21.7 Å². The van der Waals surface area contributed by atoms with Crippen molar-refractivity contribution >= 4 is 35.4 Å². The van der Waals surface area contributed by atoms with Gasteiger partial charge in [-0.05, 0) is 63.1 Å².